The summed E-state index contributed by atoms with van der Waals surface area (Å²) in [5, 5.41) is 9.80. The van der Waals surface area contributed by atoms with E-state index < -0.39 is 15.4 Å². The molecule has 0 unspecified atom stereocenters. The van der Waals surface area contributed by atoms with E-state index in [1.165, 1.54) is 4.31 Å². The van der Waals surface area contributed by atoms with E-state index in [0.717, 1.165) is 47.4 Å². The Bertz CT molecular complexity index is 1490. The number of carbonyl (C=O) groups excluding carboxylic acids is 1. The zero-order valence-electron chi connectivity index (χ0n) is 20.6. The van der Waals surface area contributed by atoms with Crippen LogP contribution in [-0.4, -0.2) is 60.8 Å². The standard InChI is InChI=1S/C27H30N4O3S/c1-27(2)22-13-18(16-31-11-9-19(10-12-31)35(33,34)30(3)4)6-7-20(22)25(32)24-21-8-5-17(15-28)14-23(21)29-26(24)27/h5-8,13-14,19,29H,9-12,16H2,1-4H3. The maximum atomic E-state index is 13.6. The molecule has 1 aromatic heterocycles. The highest BCUT2D eigenvalue weighted by Gasteiger charge is 2.40. The molecule has 1 aliphatic carbocycles. The van der Waals surface area contributed by atoms with Gasteiger partial charge in [-0.25, -0.2) is 12.7 Å². The van der Waals surface area contributed by atoms with Gasteiger partial charge in [0.25, 0.3) is 0 Å². The zero-order chi connectivity index (χ0) is 25.1. The van der Waals surface area contributed by atoms with Gasteiger partial charge >= 0.3 is 0 Å². The molecular formula is C27H30N4O3S. The number of ketones is 1. The number of sulfonamides is 1. The monoisotopic (exact) mass is 490 g/mol. The number of likely N-dealkylation sites (tertiary alicyclic amines) is 1. The summed E-state index contributed by atoms with van der Waals surface area (Å²) < 4.78 is 26.3. The number of aromatic amines is 1. The van der Waals surface area contributed by atoms with Crippen LogP contribution in [-0.2, 0) is 22.0 Å². The number of H-pyrrole nitrogens is 1. The van der Waals surface area contributed by atoms with E-state index in [9.17, 15) is 18.5 Å². The molecule has 2 aliphatic rings. The van der Waals surface area contributed by atoms with Crippen molar-refractivity contribution in [2.24, 2.45) is 0 Å². The van der Waals surface area contributed by atoms with E-state index in [1.807, 2.05) is 18.2 Å². The number of rotatable bonds is 4. The molecule has 182 valence electrons. The molecule has 35 heavy (non-hydrogen) atoms. The smallest absolute Gasteiger partial charge is 0.216 e. The number of aromatic nitrogens is 1. The Morgan fingerprint density at radius 1 is 1.14 bits per heavy atom. The van der Waals surface area contributed by atoms with Gasteiger partial charge in [0, 0.05) is 48.2 Å². The highest BCUT2D eigenvalue weighted by Crippen LogP contribution is 2.44. The van der Waals surface area contributed by atoms with Gasteiger partial charge in [-0.15, -0.1) is 0 Å². The van der Waals surface area contributed by atoms with Crippen molar-refractivity contribution >= 4 is 26.7 Å². The number of nitrogens with zero attached hydrogens (tertiary/aromatic N) is 3. The molecule has 0 saturated carbocycles. The van der Waals surface area contributed by atoms with Gasteiger partial charge in [-0.1, -0.05) is 38.1 Å². The van der Waals surface area contributed by atoms with Gasteiger partial charge in [0.2, 0.25) is 10.0 Å². The van der Waals surface area contributed by atoms with Gasteiger partial charge in [-0.05, 0) is 49.2 Å². The lowest BCUT2D eigenvalue weighted by Gasteiger charge is -2.34. The van der Waals surface area contributed by atoms with Crippen LogP contribution in [0.4, 0.5) is 0 Å². The third-order valence-corrected chi connectivity index (χ3v) is 9.98. The van der Waals surface area contributed by atoms with Crippen molar-refractivity contribution in [3.05, 3.63) is 69.9 Å². The molecule has 3 aromatic rings. The summed E-state index contributed by atoms with van der Waals surface area (Å²) in [6.07, 6.45) is 1.25. The summed E-state index contributed by atoms with van der Waals surface area (Å²) in [5.74, 6) is 0.00605. The topological polar surface area (TPSA) is 97.3 Å². The first-order valence-corrected chi connectivity index (χ1v) is 13.4. The summed E-state index contributed by atoms with van der Waals surface area (Å²) in [6.45, 7) is 6.42. The van der Waals surface area contributed by atoms with Crippen LogP contribution in [0.3, 0.4) is 0 Å². The Morgan fingerprint density at radius 3 is 2.51 bits per heavy atom. The number of carbonyl (C=O) groups is 1. The van der Waals surface area contributed by atoms with E-state index >= 15 is 0 Å². The Kier molecular flexibility index (Phi) is 5.63. The average molecular weight is 491 g/mol. The quantitative estimate of drug-likeness (QED) is 0.601. The van der Waals surface area contributed by atoms with E-state index in [2.05, 4.69) is 35.9 Å². The fourth-order valence-electron chi connectivity index (χ4n) is 5.57. The van der Waals surface area contributed by atoms with Gasteiger partial charge in [0.05, 0.1) is 22.4 Å². The number of hydrogen-bond donors (Lipinski definition) is 1. The van der Waals surface area contributed by atoms with E-state index in [1.54, 1.807) is 26.2 Å². The molecule has 1 N–H and O–H groups in total. The Balaban J connectivity index is 1.42. The molecule has 7 nitrogen and oxygen atoms in total. The van der Waals surface area contributed by atoms with E-state index in [4.69, 9.17) is 0 Å². The molecule has 8 heteroatoms. The predicted octanol–water partition coefficient (Wildman–Crippen LogP) is 3.77. The number of nitriles is 1. The van der Waals surface area contributed by atoms with Crippen LogP contribution in [0, 0.1) is 11.3 Å². The normalized spacial score (nSPS) is 18.5. The molecule has 1 fully saturated rings. The fraction of sp³-hybridized carbons (Fsp3) is 0.407. The van der Waals surface area contributed by atoms with Crippen molar-refractivity contribution in [2.75, 3.05) is 27.2 Å². The first-order valence-electron chi connectivity index (χ1n) is 11.9. The fourth-order valence-corrected chi connectivity index (χ4v) is 6.97. The lowest BCUT2D eigenvalue weighted by molar-refractivity contribution is 0.103. The van der Waals surface area contributed by atoms with Crippen LogP contribution < -0.4 is 0 Å². The van der Waals surface area contributed by atoms with Crippen molar-refractivity contribution < 1.29 is 13.2 Å². The summed E-state index contributed by atoms with van der Waals surface area (Å²) in [4.78, 5) is 19.3. The molecule has 5 rings (SSSR count). The Morgan fingerprint density at radius 2 is 1.86 bits per heavy atom. The zero-order valence-corrected chi connectivity index (χ0v) is 21.4. The predicted molar refractivity (Wildman–Crippen MR) is 136 cm³/mol. The molecule has 2 heterocycles. The van der Waals surface area contributed by atoms with Crippen LogP contribution in [0.2, 0.25) is 0 Å². The largest absolute Gasteiger partial charge is 0.357 e. The molecule has 2 aromatic carbocycles. The van der Waals surface area contributed by atoms with Gasteiger partial charge in [0.1, 0.15) is 0 Å². The first kappa shape index (κ1) is 23.7. The summed E-state index contributed by atoms with van der Waals surface area (Å²) in [5.41, 5.74) is 5.35. The van der Waals surface area contributed by atoms with Crippen LogP contribution >= 0.6 is 0 Å². The highest BCUT2D eigenvalue weighted by molar-refractivity contribution is 7.89. The molecule has 1 saturated heterocycles. The van der Waals surface area contributed by atoms with Crippen LogP contribution in [0.25, 0.3) is 10.9 Å². The molecule has 0 bridgehead atoms. The third kappa shape index (κ3) is 3.79. The van der Waals surface area contributed by atoms with Crippen molar-refractivity contribution in [3.63, 3.8) is 0 Å². The van der Waals surface area contributed by atoms with Gasteiger partial charge in [-0.2, -0.15) is 5.26 Å². The van der Waals surface area contributed by atoms with Gasteiger partial charge in [0.15, 0.2) is 5.78 Å². The molecular weight excluding hydrogens is 460 g/mol. The van der Waals surface area contributed by atoms with Gasteiger partial charge in [-0.3, -0.25) is 9.69 Å². The van der Waals surface area contributed by atoms with Crippen LogP contribution in [0.5, 0.6) is 0 Å². The third-order valence-electron chi connectivity index (χ3n) is 7.65. The summed E-state index contributed by atoms with van der Waals surface area (Å²) in [6, 6.07) is 13.7. The van der Waals surface area contributed by atoms with E-state index in [-0.39, 0.29) is 11.0 Å². The second-order valence-electron chi connectivity index (χ2n) is 10.4. The second kappa shape index (κ2) is 8.30. The molecule has 0 radical (unpaired) electrons. The molecule has 0 atom stereocenters. The molecule has 0 amide bonds. The Labute approximate surface area is 206 Å². The first-order chi connectivity index (χ1) is 16.5. The lowest BCUT2D eigenvalue weighted by Crippen LogP contribution is -2.42. The number of piperidine rings is 1. The second-order valence-corrected chi connectivity index (χ2v) is 12.8. The number of nitrogens with one attached hydrogen (secondary N) is 1. The minimum Gasteiger partial charge on any atom is -0.357 e. The SMILES string of the molecule is CN(C)S(=O)(=O)C1CCN(Cc2ccc3c(c2)C(C)(C)c2[nH]c4cc(C#N)ccc4c2C3=O)CC1. The van der Waals surface area contributed by atoms with Gasteiger partial charge < -0.3 is 4.98 Å². The lowest BCUT2D eigenvalue weighted by atomic mass is 9.71. The number of fused-ring (bicyclic) bond motifs is 4. The summed E-state index contributed by atoms with van der Waals surface area (Å²) in [7, 11) is -0.0339. The highest BCUT2D eigenvalue weighted by atomic mass is 32.2. The Hall–Kier alpha value is -2.99. The van der Waals surface area contributed by atoms with Crippen LogP contribution in [0.15, 0.2) is 36.4 Å². The average Bonchev–Trinajstić information content (AvgIpc) is 3.23. The minimum absolute atomic E-state index is 0.00605. The number of hydrogen-bond acceptors (Lipinski definition) is 5. The maximum absolute atomic E-state index is 13.6. The maximum Gasteiger partial charge on any atom is 0.216 e. The van der Waals surface area contributed by atoms with E-state index in [0.29, 0.717) is 29.5 Å². The minimum atomic E-state index is -3.23. The molecule has 1 aliphatic heterocycles. The van der Waals surface area contributed by atoms with Crippen molar-refractivity contribution in [1.82, 2.24) is 14.2 Å². The van der Waals surface area contributed by atoms with Crippen LogP contribution in [0.1, 0.15) is 65.0 Å². The van der Waals surface area contributed by atoms with Crippen molar-refractivity contribution in [1.29, 1.82) is 5.26 Å². The van der Waals surface area contributed by atoms with Crippen molar-refractivity contribution in [2.45, 2.75) is 43.9 Å². The molecule has 0 spiro atoms. The van der Waals surface area contributed by atoms with Crippen molar-refractivity contribution in [3.8, 4) is 6.07 Å². The summed E-state index contributed by atoms with van der Waals surface area (Å²) >= 11 is 0. The number of benzene rings is 2.